The van der Waals surface area contributed by atoms with Crippen molar-refractivity contribution in [3.05, 3.63) is 62.1 Å². The number of nitrogens with zero attached hydrogens (tertiary/aromatic N) is 4. The molecule has 0 aliphatic carbocycles. The van der Waals surface area contributed by atoms with Crippen LogP contribution in [0.4, 0.5) is 11.5 Å². The number of sulfonamides is 1. The fraction of sp³-hybridized carbons (Fsp3) is 0.182. The van der Waals surface area contributed by atoms with Crippen LogP contribution in [-0.4, -0.2) is 55.8 Å². The maximum Gasteiger partial charge on any atom is 0.298 e. The normalized spacial score (nSPS) is 11.5. The quantitative estimate of drug-likeness (QED) is 0.271. The van der Waals surface area contributed by atoms with Crippen LogP contribution in [-0.2, 0) is 21.2 Å². The highest BCUT2D eigenvalue weighted by Gasteiger charge is 2.24. The number of nitrogens with two attached hydrogens (primary N) is 1. The predicted octanol–water partition coefficient (Wildman–Crippen LogP) is 2.30. The summed E-state index contributed by atoms with van der Waals surface area (Å²) in [6, 6.07) is 7.40. The van der Waals surface area contributed by atoms with Gasteiger partial charge in [-0.15, -0.1) is 5.10 Å². The molecule has 15 heteroatoms. The van der Waals surface area contributed by atoms with Crippen LogP contribution in [0.3, 0.4) is 0 Å². The Balaban J connectivity index is 1.90. The maximum atomic E-state index is 13.2. The van der Waals surface area contributed by atoms with E-state index in [9.17, 15) is 18.0 Å². The lowest BCUT2D eigenvalue weighted by Gasteiger charge is -2.11. The number of rotatable bonds is 8. The van der Waals surface area contributed by atoms with E-state index in [0.717, 1.165) is 17.7 Å². The third-order valence-electron chi connectivity index (χ3n) is 5.38. The first-order chi connectivity index (χ1) is 17.4. The van der Waals surface area contributed by atoms with Crippen molar-refractivity contribution in [1.82, 2.24) is 19.7 Å². The molecule has 0 saturated carbocycles. The number of benzene rings is 2. The van der Waals surface area contributed by atoms with Gasteiger partial charge in [0.25, 0.3) is 12.0 Å². The van der Waals surface area contributed by atoms with Crippen molar-refractivity contribution < 1.29 is 17.9 Å². The number of fused-ring (bicyclic) bond motifs is 1. The summed E-state index contributed by atoms with van der Waals surface area (Å²) in [5.74, 6) is 0.952. The molecular formula is C22H21Cl2N7O5S. The van der Waals surface area contributed by atoms with Crippen molar-refractivity contribution in [1.29, 1.82) is 0 Å². The van der Waals surface area contributed by atoms with Gasteiger partial charge in [0.1, 0.15) is 16.9 Å². The molecule has 0 amide bonds. The fourth-order valence-electron chi connectivity index (χ4n) is 3.75. The van der Waals surface area contributed by atoms with E-state index >= 15 is 0 Å². The van der Waals surface area contributed by atoms with E-state index in [-0.39, 0.29) is 38.1 Å². The first kappa shape index (κ1) is 26.4. The Bertz CT molecular complexity index is 1680. The Morgan fingerprint density at radius 2 is 1.89 bits per heavy atom. The van der Waals surface area contributed by atoms with E-state index in [1.165, 1.54) is 4.68 Å². The second kappa shape index (κ2) is 10.0. The summed E-state index contributed by atoms with van der Waals surface area (Å²) in [5.41, 5.74) is 1.17. The molecule has 12 nitrogen and oxygen atoms in total. The molecule has 0 saturated heterocycles. The summed E-state index contributed by atoms with van der Waals surface area (Å²) in [5, 5.41) is 12.7. The number of anilines is 2. The van der Waals surface area contributed by atoms with E-state index in [2.05, 4.69) is 20.4 Å². The molecule has 0 unspecified atom stereocenters. The lowest BCUT2D eigenvalue weighted by molar-refractivity contribution is -0.120. The van der Waals surface area contributed by atoms with Crippen LogP contribution < -0.4 is 25.7 Å². The van der Waals surface area contributed by atoms with Crippen molar-refractivity contribution >= 4 is 62.2 Å². The number of carbonyl (C=O) groups is 1. The minimum absolute atomic E-state index is 0.0562. The Morgan fingerprint density at radius 1 is 1.22 bits per heavy atom. The fourth-order valence-corrected chi connectivity index (χ4v) is 5.09. The minimum atomic E-state index is -4.07. The molecule has 0 fully saturated rings. The summed E-state index contributed by atoms with van der Waals surface area (Å²) in [6.45, 7) is 0.331. The molecule has 2 heterocycles. The topological polar surface area (TPSA) is 165 Å². The summed E-state index contributed by atoms with van der Waals surface area (Å²) in [4.78, 5) is 32.7. The van der Waals surface area contributed by atoms with Gasteiger partial charge in [-0.2, -0.15) is 0 Å². The number of halogens is 2. The standard InChI is InChI=1S/C22H21Cl2N7O5S/c1-26-15-6-11(4-5-16(15)36-10-32)7-17-27-20-18(22(33)28-17)21(30(2)3)29-31(20)19-13(23)8-12(9-14(19)24)37(25,34)35/h4-6,8-10,26H,7H2,1-3H3,(H2,25,34,35)(H,27,28,33). The Hall–Kier alpha value is -3.65. The molecule has 0 bridgehead atoms. The third-order valence-corrected chi connectivity index (χ3v) is 6.85. The third kappa shape index (κ3) is 5.11. The van der Waals surface area contributed by atoms with Gasteiger partial charge < -0.3 is 19.9 Å². The van der Waals surface area contributed by atoms with Gasteiger partial charge in [-0.05, 0) is 29.8 Å². The lowest BCUT2D eigenvalue weighted by Crippen LogP contribution is -2.16. The molecule has 0 radical (unpaired) electrons. The van der Waals surface area contributed by atoms with Crippen molar-refractivity contribution in [3.8, 4) is 11.4 Å². The number of ether oxygens (including phenoxy) is 1. The summed E-state index contributed by atoms with van der Waals surface area (Å²) in [6.07, 6.45) is 0.218. The SMILES string of the molecule is CNc1cc(Cc2nc3c(c(N(C)C)nn3-c3c(Cl)cc(S(N)(=O)=O)cc3Cl)c(=O)[nH]2)ccc1OC=O. The molecule has 4 rings (SSSR count). The highest BCUT2D eigenvalue weighted by atomic mass is 35.5. The first-order valence-corrected chi connectivity index (χ1v) is 12.9. The zero-order valence-corrected chi connectivity index (χ0v) is 22.1. The number of aromatic nitrogens is 4. The van der Waals surface area contributed by atoms with Crippen LogP contribution in [0.2, 0.25) is 10.0 Å². The van der Waals surface area contributed by atoms with Gasteiger partial charge in [0, 0.05) is 27.6 Å². The van der Waals surface area contributed by atoms with Crippen LogP contribution in [0, 0.1) is 0 Å². The van der Waals surface area contributed by atoms with Crippen LogP contribution in [0.1, 0.15) is 11.4 Å². The number of H-pyrrole nitrogens is 1. The first-order valence-electron chi connectivity index (χ1n) is 10.6. The molecule has 0 spiro atoms. The average molecular weight is 566 g/mol. The van der Waals surface area contributed by atoms with E-state index in [0.29, 0.717) is 29.6 Å². The van der Waals surface area contributed by atoms with E-state index in [4.69, 9.17) is 33.1 Å². The highest BCUT2D eigenvalue weighted by Crippen LogP contribution is 2.34. The van der Waals surface area contributed by atoms with Crippen LogP contribution in [0.5, 0.6) is 5.75 Å². The molecule has 2 aromatic heterocycles. The molecular weight excluding hydrogens is 545 g/mol. The average Bonchev–Trinajstić information content (AvgIpc) is 3.19. The van der Waals surface area contributed by atoms with Gasteiger partial charge in [-0.25, -0.2) is 23.2 Å². The van der Waals surface area contributed by atoms with Crippen molar-refractivity contribution in [2.24, 2.45) is 5.14 Å². The summed E-state index contributed by atoms with van der Waals surface area (Å²) < 4.78 is 29.8. The van der Waals surface area contributed by atoms with Gasteiger partial charge in [0.15, 0.2) is 17.2 Å². The van der Waals surface area contributed by atoms with Gasteiger partial charge in [0.05, 0.1) is 20.6 Å². The Labute approximate surface area is 221 Å². The zero-order chi connectivity index (χ0) is 27.1. The number of carbonyl (C=O) groups excluding carboxylic acids is 1. The van der Waals surface area contributed by atoms with Crippen molar-refractivity contribution in [2.45, 2.75) is 11.3 Å². The molecule has 4 aromatic rings. The smallest absolute Gasteiger partial charge is 0.298 e. The molecule has 0 aliphatic heterocycles. The molecule has 2 aromatic carbocycles. The number of nitrogens with one attached hydrogen (secondary N) is 2. The van der Waals surface area contributed by atoms with Gasteiger partial charge in [-0.3, -0.25) is 9.59 Å². The Kier molecular flexibility index (Phi) is 7.15. The molecule has 37 heavy (non-hydrogen) atoms. The van der Waals surface area contributed by atoms with E-state index < -0.39 is 15.6 Å². The maximum absolute atomic E-state index is 13.2. The highest BCUT2D eigenvalue weighted by molar-refractivity contribution is 7.89. The van der Waals surface area contributed by atoms with Gasteiger partial charge in [0.2, 0.25) is 10.0 Å². The van der Waals surface area contributed by atoms with Crippen LogP contribution >= 0.6 is 23.2 Å². The second-order valence-corrected chi connectivity index (χ2v) is 10.5. The number of hydrogen-bond donors (Lipinski definition) is 3. The van der Waals surface area contributed by atoms with Crippen molar-refractivity contribution in [2.75, 3.05) is 31.4 Å². The van der Waals surface area contributed by atoms with E-state index in [1.54, 1.807) is 44.2 Å². The summed E-state index contributed by atoms with van der Waals surface area (Å²) >= 11 is 12.8. The Morgan fingerprint density at radius 3 is 2.46 bits per heavy atom. The second-order valence-electron chi connectivity index (χ2n) is 8.09. The van der Waals surface area contributed by atoms with Gasteiger partial charge in [-0.1, -0.05) is 29.3 Å². The minimum Gasteiger partial charge on any atom is -0.427 e. The lowest BCUT2D eigenvalue weighted by atomic mass is 10.1. The van der Waals surface area contributed by atoms with Crippen LogP contribution in [0.15, 0.2) is 40.0 Å². The number of aromatic amines is 1. The zero-order valence-electron chi connectivity index (χ0n) is 19.7. The number of hydrogen-bond acceptors (Lipinski definition) is 9. The largest absolute Gasteiger partial charge is 0.427 e. The van der Waals surface area contributed by atoms with Crippen LogP contribution in [0.25, 0.3) is 16.7 Å². The monoisotopic (exact) mass is 565 g/mol. The molecule has 4 N–H and O–H groups in total. The number of primary sulfonamides is 1. The van der Waals surface area contributed by atoms with Gasteiger partial charge >= 0.3 is 0 Å². The van der Waals surface area contributed by atoms with Crippen molar-refractivity contribution in [3.63, 3.8) is 0 Å². The molecule has 0 atom stereocenters. The van der Waals surface area contributed by atoms with E-state index in [1.807, 2.05) is 0 Å². The molecule has 194 valence electrons. The summed E-state index contributed by atoms with van der Waals surface area (Å²) in [7, 11) is 1.02. The molecule has 0 aliphatic rings. The predicted molar refractivity (Wildman–Crippen MR) is 141 cm³/mol.